The summed E-state index contributed by atoms with van der Waals surface area (Å²) in [6, 6.07) is 5.89. The molecule has 2 saturated heterocycles. The van der Waals surface area contributed by atoms with Crippen molar-refractivity contribution in [1.29, 1.82) is 0 Å². The summed E-state index contributed by atoms with van der Waals surface area (Å²) in [6.07, 6.45) is 3.62. The van der Waals surface area contributed by atoms with Crippen molar-refractivity contribution in [3.63, 3.8) is 0 Å². The maximum atomic E-state index is 13.2. The average Bonchev–Trinajstić information content (AvgIpc) is 2.85. The highest BCUT2D eigenvalue weighted by Gasteiger charge is 2.48. The zero-order chi connectivity index (χ0) is 20.5. The molecular weight excluding hydrogens is 376 g/mol. The van der Waals surface area contributed by atoms with Gasteiger partial charge in [0.15, 0.2) is 0 Å². The maximum absolute atomic E-state index is 13.2. The Morgan fingerprint density at radius 2 is 1.76 bits per heavy atom. The van der Waals surface area contributed by atoms with E-state index in [1.807, 2.05) is 4.90 Å². The maximum Gasteiger partial charge on any atom is 0.407 e. The van der Waals surface area contributed by atoms with Crippen LogP contribution in [-0.2, 0) is 4.79 Å². The molecule has 1 N–H and O–H groups in total. The third-order valence-electron chi connectivity index (χ3n) is 6.55. The van der Waals surface area contributed by atoms with E-state index in [2.05, 4.69) is 4.90 Å². The highest BCUT2D eigenvalue weighted by atomic mass is 16.6. The highest BCUT2D eigenvalue weighted by Crippen LogP contribution is 2.40. The summed E-state index contributed by atoms with van der Waals surface area (Å²) in [5, 5.41) is 20.4. The number of hydrogen-bond acceptors (Lipinski definition) is 5. The van der Waals surface area contributed by atoms with Crippen molar-refractivity contribution in [1.82, 2.24) is 14.7 Å². The van der Waals surface area contributed by atoms with Crippen LogP contribution in [0, 0.1) is 16.0 Å². The quantitative estimate of drug-likeness (QED) is 0.612. The lowest BCUT2D eigenvalue weighted by molar-refractivity contribution is -0.384. The molecule has 9 heteroatoms. The van der Waals surface area contributed by atoms with Crippen molar-refractivity contribution in [3.05, 3.63) is 39.9 Å². The van der Waals surface area contributed by atoms with Crippen molar-refractivity contribution in [3.8, 4) is 0 Å². The summed E-state index contributed by atoms with van der Waals surface area (Å²) >= 11 is 0. The molecule has 3 aliphatic rings. The molecule has 2 heterocycles. The first-order chi connectivity index (χ1) is 14.0. The number of rotatable bonds is 4. The van der Waals surface area contributed by atoms with Gasteiger partial charge >= 0.3 is 6.09 Å². The van der Waals surface area contributed by atoms with Gasteiger partial charge in [-0.25, -0.2) is 4.79 Å². The molecule has 4 rings (SSSR count). The first-order valence-corrected chi connectivity index (χ1v) is 10.2. The van der Waals surface area contributed by atoms with E-state index in [1.54, 1.807) is 12.1 Å². The monoisotopic (exact) mass is 402 g/mol. The Balaban J connectivity index is 1.46. The molecule has 29 heavy (non-hydrogen) atoms. The topological polar surface area (TPSA) is 107 Å². The van der Waals surface area contributed by atoms with Gasteiger partial charge in [-0.05, 0) is 24.8 Å². The minimum absolute atomic E-state index is 0.0127. The second-order valence-corrected chi connectivity index (χ2v) is 8.13. The van der Waals surface area contributed by atoms with Crippen molar-refractivity contribution < 1.29 is 19.6 Å². The Labute approximate surface area is 169 Å². The fourth-order valence-corrected chi connectivity index (χ4v) is 4.63. The second kappa shape index (κ2) is 7.98. The van der Waals surface area contributed by atoms with Gasteiger partial charge in [0.1, 0.15) is 0 Å². The second-order valence-electron chi connectivity index (χ2n) is 8.13. The largest absolute Gasteiger partial charge is 0.465 e. The fourth-order valence-electron chi connectivity index (χ4n) is 4.63. The molecule has 2 aliphatic heterocycles. The number of nitrogens with zero attached hydrogens (tertiary/aromatic N) is 4. The Kier molecular flexibility index (Phi) is 5.40. The van der Waals surface area contributed by atoms with E-state index in [-0.39, 0.29) is 18.1 Å². The molecule has 2 atom stereocenters. The van der Waals surface area contributed by atoms with Crippen LogP contribution in [0.1, 0.15) is 37.3 Å². The first-order valence-electron chi connectivity index (χ1n) is 10.2. The third kappa shape index (κ3) is 3.78. The smallest absolute Gasteiger partial charge is 0.407 e. The van der Waals surface area contributed by atoms with E-state index in [0.717, 1.165) is 19.5 Å². The number of carboxylic acid groups (broad SMARTS) is 1. The number of amides is 2. The van der Waals surface area contributed by atoms with E-state index in [4.69, 9.17) is 0 Å². The van der Waals surface area contributed by atoms with Gasteiger partial charge in [-0.2, -0.15) is 0 Å². The molecule has 1 saturated carbocycles. The summed E-state index contributed by atoms with van der Waals surface area (Å²) in [5.74, 6) is -0.455. The van der Waals surface area contributed by atoms with Gasteiger partial charge in [0.25, 0.3) is 5.69 Å². The average molecular weight is 402 g/mol. The summed E-state index contributed by atoms with van der Waals surface area (Å²) in [4.78, 5) is 40.8. The fraction of sp³-hybridized carbons (Fsp3) is 0.600. The Hall–Kier alpha value is -2.68. The number of nitro groups is 1. The summed E-state index contributed by atoms with van der Waals surface area (Å²) in [7, 11) is 0. The molecule has 2 amide bonds. The number of nitro benzene ring substituents is 1. The normalized spacial score (nSPS) is 25.7. The number of carbonyl (C=O) groups is 2. The number of non-ortho nitro benzene ring substituents is 1. The molecule has 0 aromatic heterocycles. The van der Waals surface area contributed by atoms with Crippen LogP contribution in [0.2, 0.25) is 0 Å². The Bertz CT molecular complexity index is 795. The zero-order valence-electron chi connectivity index (χ0n) is 16.3. The van der Waals surface area contributed by atoms with Gasteiger partial charge in [-0.15, -0.1) is 0 Å². The van der Waals surface area contributed by atoms with E-state index in [0.29, 0.717) is 24.7 Å². The molecule has 3 fully saturated rings. The van der Waals surface area contributed by atoms with Crippen LogP contribution in [0.3, 0.4) is 0 Å². The highest BCUT2D eigenvalue weighted by molar-refractivity contribution is 5.83. The van der Waals surface area contributed by atoms with Gasteiger partial charge in [0.2, 0.25) is 5.91 Å². The van der Waals surface area contributed by atoms with Crippen molar-refractivity contribution >= 4 is 17.7 Å². The number of benzene rings is 1. The molecule has 0 radical (unpaired) electrons. The van der Waals surface area contributed by atoms with Crippen molar-refractivity contribution in [2.45, 2.75) is 37.8 Å². The van der Waals surface area contributed by atoms with Gasteiger partial charge in [0.05, 0.1) is 16.9 Å². The van der Waals surface area contributed by atoms with Gasteiger partial charge in [-0.3, -0.25) is 24.7 Å². The van der Waals surface area contributed by atoms with Gasteiger partial charge < -0.3 is 10.0 Å². The molecule has 9 nitrogen and oxygen atoms in total. The van der Waals surface area contributed by atoms with E-state index in [9.17, 15) is 24.8 Å². The van der Waals surface area contributed by atoms with Crippen LogP contribution >= 0.6 is 0 Å². The number of hydrogen-bond donors (Lipinski definition) is 1. The summed E-state index contributed by atoms with van der Waals surface area (Å²) in [6.45, 7) is 3.41. The van der Waals surface area contributed by atoms with Crippen molar-refractivity contribution in [2.24, 2.45) is 5.92 Å². The molecule has 2 unspecified atom stereocenters. The molecule has 156 valence electrons. The number of likely N-dealkylation sites (tertiary alicyclic amines) is 1. The van der Waals surface area contributed by atoms with Crippen LogP contribution < -0.4 is 0 Å². The molecule has 1 aromatic carbocycles. The third-order valence-corrected chi connectivity index (χ3v) is 6.55. The lowest BCUT2D eigenvalue weighted by atomic mass is 9.82. The van der Waals surface area contributed by atoms with Crippen molar-refractivity contribution in [2.75, 3.05) is 32.7 Å². The zero-order valence-corrected chi connectivity index (χ0v) is 16.3. The lowest BCUT2D eigenvalue weighted by Crippen LogP contribution is -2.58. The predicted molar refractivity (Wildman–Crippen MR) is 104 cm³/mol. The van der Waals surface area contributed by atoms with Crippen LogP contribution in [-0.4, -0.2) is 75.5 Å². The van der Waals surface area contributed by atoms with E-state index >= 15 is 0 Å². The first kappa shape index (κ1) is 19.6. The van der Waals surface area contributed by atoms with Crippen LogP contribution in [0.15, 0.2) is 24.3 Å². The number of carbonyl (C=O) groups excluding carboxylic acids is 1. The van der Waals surface area contributed by atoms with Crippen LogP contribution in [0.4, 0.5) is 10.5 Å². The van der Waals surface area contributed by atoms with Gasteiger partial charge in [0, 0.05) is 50.9 Å². The molecule has 1 aliphatic carbocycles. The van der Waals surface area contributed by atoms with E-state index < -0.39 is 23.0 Å². The SMILES string of the molecule is O=C(C1CN(C(=O)O)C1c1ccc([N+](=O)[O-])cc1)N1CCCN(C2CCC2)CC1. The van der Waals surface area contributed by atoms with Gasteiger partial charge in [-0.1, -0.05) is 18.6 Å². The summed E-state index contributed by atoms with van der Waals surface area (Å²) < 4.78 is 0. The molecule has 0 bridgehead atoms. The van der Waals surface area contributed by atoms with Crippen LogP contribution in [0.25, 0.3) is 0 Å². The molecular formula is C20H26N4O5. The minimum Gasteiger partial charge on any atom is -0.465 e. The standard InChI is InChI=1S/C20H26N4O5/c25-19(22-10-2-9-21(11-12-22)15-3-1-4-15)17-13-23(20(26)27)18(17)14-5-7-16(8-6-14)24(28)29/h5-8,15,17-18H,1-4,9-13H2,(H,26,27). The van der Waals surface area contributed by atoms with Crippen LogP contribution in [0.5, 0.6) is 0 Å². The molecule has 1 aromatic rings. The Morgan fingerprint density at radius 3 is 2.34 bits per heavy atom. The predicted octanol–water partition coefficient (Wildman–Crippen LogP) is 2.33. The van der Waals surface area contributed by atoms with E-state index in [1.165, 1.54) is 36.3 Å². The Morgan fingerprint density at radius 1 is 1.03 bits per heavy atom. The minimum atomic E-state index is -1.08. The molecule has 0 spiro atoms. The summed E-state index contributed by atoms with van der Waals surface area (Å²) in [5.41, 5.74) is 0.565. The lowest BCUT2D eigenvalue weighted by Gasteiger charge is -2.47.